The number of likely N-dealkylation sites (N-methyl/N-ethyl adjacent to an activating group) is 1. The molecule has 0 aromatic heterocycles. The first-order valence-electron chi connectivity index (χ1n) is 5.81. The molecule has 0 saturated carbocycles. The van der Waals surface area contributed by atoms with Crippen LogP contribution in [0.1, 0.15) is 6.92 Å². The summed E-state index contributed by atoms with van der Waals surface area (Å²) in [5.41, 5.74) is 0.666. The van der Waals surface area contributed by atoms with E-state index >= 15 is 0 Å². The molecule has 0 heterocycles. The Morgan fingerprint density at radius 2 is 1.94 bits per heavy atom. The average Bonchev–Trinajstić information content (AvgIpc) is 2.38. The Labute approximate surface area is 106 Å². The van der Waals surface area contributed by atoms with Gasteiger partial charge in [0.05, 0.1) is 13.2 Å². The summed E-state index contributed by atoms with van der Waals surface area (Å²) in [6.45, 7) is 3.20. The lowest BCUT2D eigenvalue weighted by Gasteiger charge is -2.20. The molecular formula is C13H18FNO3. The van der Waals surface area contributed by atoms with Gasteiger partial charge in [-0.25, -0.2) is 4.39 Å². The smallest absolute Gasteiger partial charge is 0.252 e. The fourth-order valence-corrected chi connectivity index (χ4v) is 1.50. The van der Waals surface area contributed by atoms with Crippen molar-refractivity contribution in [2.75, 3.05) is 38.4 Å². The van der Waals surface area contributed by atoms with E-state index < -0.39 is 0 Å². The maximum atomic E-state index is 12.8. The largest absolute Gasteiger partial charge is 0.382 e. The SMILES string of the molecule is CCN(C(=O)COCCOC)c1ccc(F)cc1. The molecule has 1 amide bonds. The van der Waals surface area contributed by atoms with Gasteiger partial charge < -0.3 is 14.4 Å². The van der Waals surface area contributed by atoms with Crippen molar-refractivity contribution >= 4 is 11.6 Å². The summed E-state index contributed by atoms with van der Waals surface area (Å²) >= 11 is 0. The highest BCUT2D eigenvalue weighted by atomic mass is 19.1. The molecule has 0 spiro atoms. The number of benzene rings is 1. The van der Waals surface area contributed by atoms with Crippen LogP contribution in [0.4, 0.5) is 10.1 Å². The van der Waals surface area contributed by atoms with Crippen LogP contribution in [0, 0.1) is 5.82 Å². The summed E-state index contributed by atoms with van der Waals surface area (Å²) in [6, 6.07) is 5.81. The highest BCUT2D eigenvalue weighted by Crippen LogP contribution is 2.14. The van der Waals surface area contributed by atoms with Gasteiger partial charge in [-0.3, -0.25) is 4.79 Å². The second-order valence-electron chi connectivity index (χ2n) is 3.66. The zero-order chi connectivity index (χ0) is 13.4. The Bertz CT molecular complexity index is 367. The van der Waals surface area contributed by atoms with Crippen molar-refractivity contribution in [1.29, 1.82) is 0 Å². The molecule has 0 N–H and O–H groups in total. The molecule has 0 aliphatic heterocycles. The summed E-state index contributed by atoms with van der Waals surface area (Å²) in [4.78, 5) is 13.4. The standard InChI is InChI=1S/C13H18FNO3/c1-3-15(12-6-4-11(14)5-7-12)13(16)10-18-9-8-17-2/h4-7H,3,8-10H2,1-2H3. The van der Waals surface area contributed by atoms with Gasteiger partial charge in [0.25, 0.3) is 5.91 Å². The third-order valence-corrected chi connectivity index (χ3v) is 2.41. The number of methoxy groups -OCH3 is 1. The van der Waals surface area contributed by atoms with Gasteiger partial charge in [0.2, 0.25) is 0 Å². The van der Waals surface area contributed by atoms with Crippen LogP contribution in [0.3, 0.4) is 0 Å². The van der Waals surface area contributed by atoms with E-state index in [0.29, 0.717) is 25.4 Å². The molecule has 0 bridgehead atoms. The average molecular weight is 255 g/mol. The van der Waals surface area contributed by atoms with Gasteiger partial charge in [0, 0.05) is 19.3 Å². The maximum Gasteiger partial charge on any atom is 0.252 e. The first kappa shape index (κ1) is 14.6. The Morgan fingerprint density at radius 3 is 2.50 bits per heavy atom. The third-order valence-electron chi connectivity index (χ3n) is 2.41. The lowest BCUT2D eigenvalue weighted by Crippen LogP contribution is -2.34. The van der Waals surface area contributed by atoms with E-state index in [9.17, 15) is 9.18 Å². The number of halogens is 1. The number of anilines is 1. The van der Waals surface area contributed by atoms with Crippen molar-refractivity contribution in [2.45, 2.75) is 6.92 Å². The molecule has 0 fully saturated rings. The van der Waals surface area contributed by atoms with Gasteiger partial charge in [-0.15, -0.1) is 0 Å². The lowest BCUT2D eigenvalue weighted by molar-refractivity contribution is -0.123. The molecular weight excluding hydrogens is 237 g/mol. The molecule has 1 rings (SSSR count). The molecule has 0 saturated heterocycles. The molecule has 100 valence electrons. The normalized spacial score (nSPS) is 10.4. The molecule has 5 heteroatoms. The summed E-state index contributed by atoms with van der Waals surface area (Å²) in [5.74, 6) is -0.473. The van der Waals surface area contributed by atoms with E-state index in [4.69, 9.17) is 9.47 Å². The van der Waals surface area contributed by atoms with Gasteiger partial charge in [-0.1, -0.05) is 0 Å². The van der Waals surface area contributed by atoms with E-state index in [2.05, 4.69) is 0 Å². The van der Waals surface area contributed by atoms with Crippen molar-refractivity contribution < 1.29 is 18.7 Å². The van der Waals surface area contributed by atoms with Gasteiger partial charge in [-0.2, -0.15) is 0 Å². The predicted molar refractivity (Wildman–Crippen MR) is 67.1 cm³/mol. The molecule has 0 radical (unpaired) electrons. The third kappa shape index (κ3) is 4.43. The zero-order valence-electron chi connectivity index (χ0n) is 10.7. The lowest BCUT2D eigenvalue weighted by atomic mass is 10.2. The Balaban J connectivity index is 2.54. The number of hydrogen-bond donors (Lipinski definition) is 0. The fraction of sp³-hybridized carbons (Fsp3) is 0.462. The van der Waals surface area contributed by atoms with Gasteiger partial charge in [0.1, 0.15) is 12.4 Å². The van der Waals surface area contributed by atoms with E-state index in [1.807, 2.05) is 6.92 Å². The van der Waals surface area contributed by atoms with E-state index in [1.165, 1.54) is 12.1 Å². The molecule has 0 unspecified atom stereocenters. The molecule has 1 aromatic carbocycles. The van der Waals surface area contributed by atoms with Gasteiger partial charge >= 0.3 is 0 Å². The number of carbonyl (C=O) groups is 1. The number of rotatable bonds is 7. The first-order chi connectivity index (χ1) is 8.69. The molecule has 1 aromatic rings. The minimum atomic E-state index is -0.321. The Morgan fingerprint density at radius 1 is 1.28 bits per heavy atom. The topological polar surface area (TPSA) is 38.8 Å². The van der Waals surface area contributed by atoms with Crippen molar-refractivity contribution in [3.8, 4) is 0 Å². The van der Waals surface area contributed by atoms with E-state index in [-0.39, 0.29) is 18.3 Å². The van der Waals surface area contributed by atoms with Crippen LogP contribution in [0.25, 0.3) is 0 Å². The molecule has 0 atom stereocenters. The van der Waals surface area contributed by atoms with E-state index in [0.717, 1.165) is 0 Å². The summed E-state index contributed by atoms with van der Waals surface area (Å²) in [6.07, 6.45) is 0. The molecule has 0 aliphatic rings. The quantitative estimate of drug-likeness (QED) is 0.698. The summed E-state index contributed by atoms with van der Waals surface area (Å²) in [7, 11) is 1.57. The van der Waals surface area contributed by atoms with Crippen LogP contribution in [0.15, 0.2) is 24.3 Å². The Kier molecular flexibility index (Phi) is 6.32. The van der Waals surface area contributed by atoms with Crippen molar-refractivity contribution in [1.82, 2.24) is 0 Å². The van der Waals surface area contributed by atoms with Crippen molar-refractivity contribution in [3.05, 3.63) is 30.1 Å². The number of amides is 1. The van der Waals surface area contributed by atoms with Crippen LogP contribution in [-0.2, 0) is 14.3 Å². The van der Waals surface area contributed by atoms with Crippen molar-refractivity contribution in [3.63, 3.8) is 0 Å². The van der Waals surface area contributed by atoms with Gasteiger partial charge in [0.15, 0.2) is 0 Å². The number of ether oxygens (including phenoxy) is 2. The predicted octanol–water partition coefficient (Wildman–Crippen LogP) is 1.84. The van der Waals surface area contributed by atoms with Crippen LogP contribution in [0.2, 0.25) is 0 Å². The van der Waals surface area contributed by atoms with Gasteiger partial charge in [-0.05, 0) is 31.2 Å². The van der Waals surface area contributed by atoms with E-state index in [1.54, 1.807) is 24.1 Å². The molecule has 18 heavy (non-hydrogen) atoms. The number of hydrogen-bond acceptors (Lipinski definition) is 3. The highest BCUT2D eigenvalue weighted by Gasteiger charge is 2.13. The van der Waals surface area contributed by atoms with Crippen molar-refractivity contribution in [2.24, 2.45) is 0 Å². The zero-order valence-corrected chi connectivity index (χ0v) is 10.7. The minimum Gasteiger partial charge on any atom is -0.382 e. The first-order valence-corrected chi connectivity index (χ1v) is 5.81. The maximum absolute atomic E-state index is 12.8. The van der Waals surface area contributed by atoms with Crippen LogP contribution in [0.5, 0.6) is 0 Å². The summed E-state index contributed by atoms with van der Waals surface area (Å²) in [5, 5.41) is 0. The van der Waals surface area contributed by atoms with Crippen LogP contribution >= 0.6 is 0 Å². The number of nitrogens with zero attached hydrogens (tertiary/aromatic N) is 1. The molecule has 0 aliphatic carbocycles. The second-order valence-corrected chi connectivity index (χ2v) is 3.66. The second kappa shape index (κ2) is 7.79. The fourth-order valence-electron chi connectivity index (χ4n) is 1.50. The van der Waals surface area contributed by atoms with Crippen LogP contribution < -0.4 is 4.90 Å². The minimum absolute atomic E-state index is 0.00538. The molecule has 4 nitrogen and oxygen atoms in total. The number of carbonyl (C=O) groups excluding carboxylic acids is 1. The monoisotopic (exact) mass is 255 g/mol. The summed E-state index contributed by atoms with van der Waals surface area (Å²) < 4.78 is 22.8. The van der Waals surface area contributed by atoms with Crippen LogP contribution in [-0.4, -0.2) is 39.4 Å². The Hall–Kier alpha value is -1.46. The highest BCUT2D eigenvalue weighted by molar-refractivity contribution is 5.94.